The lowest BCUT2D eigenvalue weighted by atomic mass is 10.1. The number of hydrogen-bond donors (Lipinski definition) is 1. The fourth-order valence-corrected chi connectivity index (χ4v) is 3.73. The summed E-state index contributed by atoms with van der Waals surface area (Å²) in [4.78, 5) is 0. The maximum absolute atomic E-state index is 6.21. The molecule has 0 aliphatic carbocycles. The van der Waals surface area contributed by atoms with Crippen molar-refractivity contribution in [3.63, 3.8) is 0 Å². The highest BCUT2D eigenvalue weighted by molar-refractivity contribution is 6.41. The fourth-order valence-electron chi connectivity index (χ4n) is 2.83. The molecule has 0 bridgehead atoms. The molecule has 0 fully saturated rings. The largest absolute Gasteiger partial charge is 0.275 e. The third-order valence-electron chi connectivity index (χ3n) is 4.20. The zero-order chi connectivity index (χ0) is 20.2. The molecule has 4 rings (SSSR count). The normalized spacial score (nSPS) is 11.1. The molecule has 1 heterocycles. The maximum atomic E-state index is 6.21. The van der Waals surface area contributed by atoms with E-state index in [2.05, 4.69) is 10.5 Å². The van der Waals surface area contributed by atoms with Crippen molar-refractivity contribution in [2.75, 3.05) is 5.43 Å². The van der Waals surface area contributed by atoms with Crippen LogP contribution in [0.4, 0.5) is 5.69 Å². The van der Waals surface area contributed by atoms with Crippen molar-refractivity contribution in [2.45, 2.75) is 0 Å². The van der Waals surface area contributed by atoms with Gasteiger partial charge in [-0.05, 0) is 24.3 Å². The van der Waals surface area contributed by atoms with Gasteiger partial charge in [0.25, 0.3) is 0 Å². The van der Waals surface area contributed by atoms with Crippen molar-refractivity contribution in [1.29, 1.82) is 0 Å². The summed E-state index contributed by atoms with van der Waals surface area (Å²) in [6.45, 7) is 0. The van der Waals surface area contributed by atoms with E-state index in [0.29, 0.717) is 20.8 Å². The molecule has 4 nitrogen and oxygen atoms in total. The highest BCUT2D eigenvalue weighted by Crippen LogP contribution is 2.33. The predicted octanol–water partition coefficient (Wildman–Crippen LogP) is 6.95. The number of halogens is 3. The highest BCUT2D eigenvalue weighted by atomic mass is 35.5. The number of nitrogens with one attached hydrogen (secondary N) is 1. The Morgan fingerprint density at radius 2 is 1.48 bits per heavy atom. The summed E-state index contributed by atoms with van der Waals surface area (Å²) in [5, 5.41) is 10.3. The van der Waals surface area contributed by atoms with Crippen molar-refractivity contribution < 1.29 is 0 Å². The Morgan fingerprint density at radius 3 is 2.14 bits per heavy atom. The van der Waals surface area contributed by atoms with Crippen LogP contribution in [0, 0.1) is 0 Å². The van der Waals surface area contributed by atoms with E-state index in [1.165, 1.54) is 0 Å². The van der Waals surface area contributed by atoms with Gasteiger partial charge >= 0.3 is 0 Å². The molecule has 1 N–H and O–H groups in total. The van der Waals surface area contributed by atoms with Crippen LogP contribution < -0.4 is 5.43 Å². The summed E-state index contributed by atoms with van der Waals surface area (Å²) in [5.74, 6) is 0. The van der Waals surface area contributed by atoms with Crippen LogP contribution in [0.15, 0.2) is 84.1 Å². The first kappa shape index (κ1) is 19.5. The zero-order valence-electron chi connectivity index (χ0n) is 15.1. The minimum absolute atomic E-state index is 0.392. The number of nitrogens with zero attached hydrogens (tertiary/aromatic N) is 3. The second-order valence-corrected chi connectivity index (χ2v) is 7.44. The van der Waals surface area contributed by atoms with Crippen molar-refractivity contribution in [2.24, 2.45) is 5.10 Å². The SMILES string of the molecule is Clc1cc(Cl)c(NN=Cc2cn(-c3ccccc3)nc2-c2ccccc2)c(Cl)c1. The van der Waals surface area contributed by atoms with E-state index in [4.69, 9.17) is 39.9 Å². The van der Waals surface area contributed by atoms with E-state index in [9.17, 15) is 0 Å². The van der Waals surface area contributed by atoms with Crippen LogP contribution in [0.1, 0.15) is 5.56 Å². The third kappa shape index (κ3) is 4.46. The van der Waals surface area contributed by atoms with Crippen molar-refractivity contribution >= 4 is 46.7 Å². The molecule has 0 atom stereocenters. The Kier molecular flexibility index (Phi) is 5.86. The molecule has 144 valence electrons. The van der Waals surface area contributed by atoms with Crippen LogP contribution in [0.5, 0.6) is 0 Å². The smallest absolute Gasteiger partial charge is 0.102 e. The van der Waals surface area contributed by atoms with Crippen molar-refractivity contribution in [3.8, 4) is 16.9 Å². The first-order chi connectivity index (χ1) is 14.1. The van der Waals surface area contributed by atoms with Gasteiger partial charge in [0.05, 0.1) is 27.6 Å². The number of aromatic nitrogens is 2. The Morgan fingerprint density at radius 1 is 0.862 bits per heavy atom. The average Bonchev–Trinajstić information content (AvgIpc) is 3.15. The first-order valence-electron chi connectivity index (χ1n) is 8.76. The van der Waals surface area contributed by atoms with Gasteiger partial charge in [-0.1, -0.05) is 83.3 Å². The van der Waals surface area contributed by atoms with Gasteiger partial charge in [-0.25, -0.2) is 4.68 Å². The number of hydrogen-bond acceptors (Lipinski definition) is 3. The van der Waals surface area contributed by atoms with E-state index in [1.54, 1.807) is 18.3 Å². The minimum atomic E-state index is 0.392. The van der Waals surface area contributed by atoms with Crippen LogP contribution in [-0.2, 0) is 0 Å². The van der Waals surface area contributed by atoms with Crippen LogP contribution in [0.2, 0.25) is 15.1 Å². The monoisotopic (exact) mass is 440 g/mol. The summed E-state index contributed by atoms with van der Waals surface area (Å²) in [5.41, 5.74) is 6.99. The van der Waals surface area contributed by atoms with E-state index in [1.807, 2.05) is 71.5 Å². The Balaban J connectivity index is 1.69. The molecule has 7 heteroatoms. The highest BCUT2D eigenvalue weighted by Gasteiger charge is 2.11. The second-order valence-electron chi connectivity index (χ2n) is 6.19. The first-order valence-corrected chi connectivity index (χ1v) is 9.89. The minimum Gasteiger partial charge on any atom is -0.275 e. The maximum Gasteiger partial charge on any atom is 0.102 e. The van der Waals surface area contributed by atoms with Crippen LogP contribution in [0.3, 0.4) is 0 Å². The zero-order valence-corrected chi connectivity index (χ0v) is 17.3. The standard InChI is InChI=1S/C22H15Cl3N4/c23-17-11-19(24)22(20(25)12-17)27-26-13-16-14-29(18-9-5-2-6-10-18)28-21(16)15-7-3-1-4-8-15/h1-14,27H. The van der Waals surface area contributed by atoms with Gasteiger partial charge in [0, 0.05) is 22.3 Å². The molecule has 29 heavy (non-hydrogen) atoms. The van der Waals surface area contributed by atoms with E-state index in [0.717, 1.165) is 22.5 Å². The van der Waals surface area contributed by atoms with Gasteiger partial charge in [0.1, 0.15) is 5.69 Å². The van der Waals surface area contributed by atoms with Crippen molar-refractivity contribution in [3.05, 3.63) is 99.6 Å². The lowest BCUT2D eigenvalue weighted by Gasteiger charge is -2.06. The molecule has 0 aliphatic rings. The molecular formula is C22H15Cl3N4. The summed E-state index contributed by atoms with van der Waals surface area (Å²) >= 11 is 18.4. The molecule has 0 unspecified atom stereocenters. The quantitative estimate of drug-likeness (QED) is 0.269. The van der Waals surface area contributed by atoms with Gasteiger partial charge in [0.2, 0.25) is 0 Å². The van der Waals surface area contributed by atoms with Gasteiger partial charge in [0.15, 0.2) is 0 Å². The topological polar surface area (TPSA) is 42.2 Å². The number of rotatable bonds is 5. The molecule has 0 saturated carbocycles. The third-order valence-corrected chi connectivity index (χ3v) is 5.01. The average molecular weight is 442 g/mol. The molecule has 0 radical (unpaired) electrons. The Bertz CT molecular complexity index is 1130. The molecule has 0 spiro atoms. The second kappa shape index (κ2) is 8.70. The van der Waals surface area contributed by atoms with E-state index in [-0.39, 0.29) is 0 Å². The van der Waals surface area contributed by atoms with Crippen LogP contribution in [-0.4, -0.2) is 16.0 Å². The molecule has 0 aliphatic heterocycles. The summed E-state index contributed by atoms with van der Waals surface area (Å²) < 4.78 is 1.83. The molecule has 0 saturated heterocycles. The number of hydrazone groups is 1. The van der Waals surface area contributed by atoms with Gasteiger partial charge in [-0.2, -0.15) is 10.2 Å². The fraction of sp³-hybridized carbons (Fsp3) is 0. The summed E-state index contributed by atoms with van der Waals surface area (Å²) in [6, 6.07) is 23.1. The lowest BCUT2D eigenvalue weighted by molar-refractivity contribution is 0.884. The number of benzene rings is 3. The summed E-state index contributed by atoms with van der Waals surface area (Å²) in [6.07, 6.45) is 3.62. The Labute approximate surface area is 183 Å². The van der Waals surface area contributed by atoms with Gasteiger partial charge < -0.3 is 0 Å². The molecule has 4 aromatic rings. The molecular weight excluding hydrogens is 427 g/mol. The van der Waals surface area contributed by atoms with Crippen molar-refractivity contribution in [1.82, 2.24) is 9.78 Å². The molecule has 0 amide bonds. The van der Waals surface area contributed by atoms with Gasteiger partial charge in [-0.3, -0.25) is 5.43 Å². The lowest BCUT2D eigenvalue weighted by Crippen LogP contribution is -1.93. The van der Waals surface area contributed by atoms with E-state index >= 15 is 0 Å². The Hall–Kier alpha value is -2.79. The molecule has 3 aromatic carbocycles. The molecule has 1 aromatic heterocycles. The predicted molar refractivity (Wildman–Crippen MR) is 122 cm³/mol. The number of para-hydroxylation sites is 1. The van der Waals surface area contributed by atoms with Crippen LogP contribution >= 0.6 is 34.8 Å². The van der Waals surface area contributed by atoms with Gasteiger partial charge in [-0.15, -0.1) is 0 Å². The van der Waals surface area contributed by atoms with Crippen LogP contribution in [0.25, 0.3) is 16.9 Å². The number of anilines is 1. The summed E-state index contributed by atoms with van der Waals surface area (Å²) in [7, 11) is 0. The van der Waals surface area contributed by atoms with E-state index < -0.39 is 0 Å².